The fourth-order valence-corrected chi connectivity index (χ4v) is 2.16. The lowest BCUT2D eigenvalue weighted by Crippen LogP contribution is -2.13. The molecule has 2 aromatic rings. The standard InChI is InChI=1S/C17H18N2O/c1-12-4-7-15(8-5-12)19(3)17-10-14(11-18)6-9-16(17)13(2)20/h4-10,13,20H,1-3H3/t13-/m1/s1. The molecule has 1 atom stereocenters. The Bertz CT molecular complexity index is 639. The highest BCUT2D eigenvalue weighted by Crippen LogP contribution is 2.31. The summed E-state index contributed by atoms with van der Waals surface area (Å²) < 4.78 is 0. The molecular formula is C17H18N2O. The highest BCUT2D eigenvalue weighted by molar-refractivity contribution is 5.68. The molecule has 0 spiro atoms. The van der Waals surface area contributed by atoms with Gasteiger partial charge >= 0.3 is 0 Å². The van der Waals surface area contributed by atoms with Crippen LogP contribution in [0, 0.1) is 18.3 Å². The van der Waals surface area contributed by atoms with E-state index in [1.165, 1.54) is 5.56 Å². The molecule has 0 aliphatic rings. The number of aryl methyl sites for hydroxylation is 1. The van der Waals surface area contributed by atoms with Gasteiger partial charge in [-0.3, -0.25) is 0 Å². The van der Waals surface area contributed by atoms with Gasteiger partial charge < -0.3 is 10.0 Å². The van der Waals surface area contributed by atoms with E-state index < -0.39 is 6.10 Å². The summed E-state index contributed by atoms with van der Waals surface area (Å²) in [4.78, 5) is 1.99. The number of hydrogen-bond acceptors (Lipinski definition) is 3. The molecule has 1 N–H and O–H groups in total. The highest BCUT2D eigenvalue weighted by Gasteiger charge is 2.13. The summed E-state index contributed by atoms with van der Waals surface area (Å²) >= 11 is 0. The zero-order valence-corrected chi connectivity index (χ0v) is 12.0. The fourth-order valence-electron chi connectivity index (χ4n) is 2.16. The predicted molar refractivity (Wildman–Crippen MR) is 81.0 cm³/mol. The van der Waals surface area contributed by atoms with E-state index >= 15 is 0 Å². The van der Waals surface area contributed by atoms with Crippen LogP contribution in [0.3, 0.4) is 0 Å². The molecule has 0 amide bonds. The molecule has 0 bridgehead atoms. The number of aliphatic hydroxyl groups excluding tert-OH is 1. The second-order valence-corrected chi connectivity index (χ2v) is 4.96. The third kappa shape index (κ3) is 2.81. The zero-order valence-electron chi connectivity index (χ0n) is 12.0. The van der Waals surface area contributed by atoms with E-state index in [1.54, 1.807) is 13.0 Å². The van der Waals surface area contributed by atoms with Crippen molar-refractivity contribution in [2.45, 2.75) is 20.0 Å². The van der Waals surface area contributed by atoms with Crippen molar-refractivity contribution >= 4 is 11.4 Å². The summed E-state index contributed by atoms with van der Waals surface area (Å²) in [5.74, 6) is 0. The van der Waals surface area contributed by atoms with Crippen LogP contribution in [0.15, 0.2) is 42.5 Å². The summed E-state index contributed by atoms with van der Waals surface area (Å²) in [6.45, 7) is 3.77. The first-order chi connectivity index (χ1) is 9.52. The van der Waals surface area contributed by atoms with E-state index in [-0.39, 0.29) is 0 Å². The fraction of sp³-hybridized carbons (Fsp3) is 0.235. The highest BCUT2D eigenvalue weighted by atomic mass is 16.3. The average molecular weight is 266 g/mol. The molecule has 0 saturated carbocycles. The molecule has 0 unspecified atom stereocenters. The van der Waals surface area contributed by atoms with Crippen LogP contribution in [0.1, 0.15) is 29.7 Å². The van der Waals surface area contributed by atoms with Gasteiger partial charge in [0.25, 0.3) is 0 Å². The molecule has 102 valence electrons. The Kier molecular flexibility index (Phi) is 4.07. The Morgan fingerprint density at radius 3 is 2.35 bits per heavy atom. The Balaban J connectivity index is 2.49. The Morgan fingerprint density at radius 2 is 1.80 bits per heavy atom. The van der Waals surface area contributed by atoms with Crippen LogP contribution in [0.2, 0.25) is 0 Å². The molecular weight excluding hydrogens is 248 g/mol. The van der Waals surface area contributed by atoms with E-state index in [1.807, 2.05) is 55.3 Å². The van der Waals surface area contributed by atoms with Gasteiger partial charge in [0.05, 0.1) is 17.7 Å². The molecule has 3 heteroatoms. The molecule has 0 aromatic heterocycles. The Morgan fingerprint density at radius 1 is 1.15 bits per heavy atom. The van der Waals surface area contributed by atoms with Crippen LogP contribution in [-0.2, 0) is 0 Å². The molecule has 3 nitrogen and oxygen atoms in total. The van der Waals surface area contributed by atoms with Crippen molar-refractivity contribution in [3.63, 3.8) is 0 Å². The SMILES string of the molecule is Cc1ccc(N(C)c2cc(C#N)ccc2[C@@H](C)O)cc1. The maximum absolute atomic E-state index is 9.90. The van der Waals surface area contributed by atoms with Crippen LogP contribution in [0.4, 0.5) is 11.4 Å². The second-order valence-electron chi connectivity index (χ2n) is 4.96. The summed E-state index contributed by atoms with van der Waals surface area (Å²) in [5.41, 5.74) is 4.47. The third-order valence-corrected chi connectivity index (χ3v) is 3.39. The number of rotatable bonds is 3. The maximum atomic E-state index is 9.90. The normalized spacial score (nSPS) is 11.8. The molecule has 0 fully saturated rings. The van der Waals surface area contributed by atoms with Crippen molar-refractivity contribution in [1.82, 2.24) is 0 Å². The first-order valence-electron chi connectivity index (χ1n) is 6.55. The van der Waals surface area contributed by atoms with Gasteiger partial charge in [-0.2, -0.15) is 5.26 Å². The van der Waals surface area contributed by atoms with Gasteiger partial charge in [-0.1, -0.05) is 23.8 Å². The van der Waals surface area contributed by atoms with Gasteiger partial charge in [0.15, 0.2) is 0 Å². The van der Waals surface area contributed by atoms with Crippen LogP contribution in [-0.4, -0.2) is 12.2 Å². The minimum atomic E-state index is -0.578. The van der Waals surface area contributed by atoms with Crippen molar-refractivity contribution in [1.29, 1.82) is 5.26 Å². The van der Waals surface area contributed by atoms with Crippen molar-refractivity contribution in [2.75, 3.05) is 11.9 Å². The summed E-state index contributed by atoms with van der Waals surface area (Å²) in [6.07, 6.45) is -0.578. The van der Waals surface area contributed by atoms with E-state index in [0.29, 0.717) is 5.56 Å². The number of hydrogen-bond donors (Lipinski definition) is 1. The molecule has 0 aliphatic heterocycles. The second kappa shape index (κ2) is 5.77. The Labute approximate surface area is 119 Å². The van der Waals surface area contributed by atoms with E-state index in [2.05, 4.69) is 6.07 Å². The predicted octanol–water partition coefficient (Wildman–Crippen LogP) is 3.69. The Hall–Kier alpha value is -2.31. The van der Waals surface area contributed by atoms with E-state index in [0.717, 1.165) is 16.9 Å². The van der Waals surface area contributed by atoms with Gasteiger partial charge in [0.2, 0.25) is 0 Å². The number of aliphatic hydroxyl groups is 1. The largest absolute Gasteiger partial charge is 0.389 e. The quantitative estimate of drug-likeness (QED) is 0.921. The van der Waals surface area contributed by atoms with E-state index in [4.69, 9.17) is 5.26 Å². The molecule has 0 heterocycles. The van der Waals surface area contributed by atoms with Crippen molar-refractivity contribution in [3.05, 3.63) is 59.2 Å². The summed E-state index contributed by atoms with van der Waals surface area (Å²) in [7, 11) is 1.94. The minimum Gasteiger partial charge on any atom is -0.389 e. The molecule has 0 radical (unpaired) electrons. The molecule has 0 aliphatic carbocycles. The lowest BCUT2D eigenvalue weighted by atomic mass is 10.0. The maximum Gasteiger partial charge on any atom is 0.0992 e. The zero-order chi connectivity index (χ0) is 14.7. The number of benzene rings is 2. The van der Waals surface area contributed by atoms with Crippen LogP contribution in [0.25, 0.3) is 0 Å². The summed E-state index contributed by atoms with van der Waals surface area (Å²) in [5, 5.41) is 18.9. The van der Waals surface area contributed by atoms with Crippen molar-refractivity contribution < 1.29 is 5.11 Å². The number of anilines is 2. The molecule has 0 saturated heterocycles. The number of nitriles is 1. The van der Waals surface area contributed by atoms with Gasteiger partial charge in [-0.05, 0) is 38.1 Å². The van der Waals surface area contributed by atoms with Gasteiger partial charge in [-0.25, -0.2) is 0 Å². The lowest BCUT2D eigenvalue weighted by Gasteiger charge is -2.24. The first kappa shape index (κ1) is 14.1. The third-order valence-electron chi connectivity index (χ3n) is 3.39. The van der Waals surface area contributed by atoms with Gasteiger partial charge in [-0.15, -0.1) is 0 Å². The summed E-state index contributed by atoms with van der Waals surface area (Å²) in [6, 6.07) is 15.6. The van der Waals surface area contributed by atoms with Crippen LogP contribution < -0.4 is 4.90 Å². The first-order valence-corrected chi connectivity index (χ1v) is 6.55. The molecule has 2 rings (SSSR count). The van der Waals surface area contributed by atoms with Crippen molar-refractivity contribution in [3.8, 4) is 6.07 Å². The topological polar surface area (TPSA) is 47.3 Å². The monoisotopic (exact) mass is 266 g/mol. The number of nitrogens with zero attached hydrogens (tertiary/aromatic N) is 2. The van der Waals surface area contributed by atoms with Gasteiger partial charge in [0.1, 0.15) is 0 Å². The smallest absolute Gasteiger partial charge is 0.0992 e. The molecule has 2 aromatic carbocycles. The van der Waals surface area contributed by atoms with E-state index in [9.17, 15) is 5.11 Å². The van der Waals surface area contributed by atoms with Gasteiger partial charge in [0, 0.05) is 24.0 Å². The van der Waals surface area contributed by atoms with Crippen LogP contribution >= 0.6 is 0 Å². The minimum absolute atomic E-state index is 0.578. The van der Waals surface area contributed by atoms with Crippen LogP contribution in [0.5, 0.6) is 0 Å². The molecule has 20 heavy (non-hydrogen) atoms. The average Bonchev–Trinajstić information content (AvgIpc) is 2.46. The van der Waals surface area contributed by atoms with Crippen molar-refractivity contribution in [2.24, 2.45) is 0 Å². The lowest BCUT2D eigenvalue weighted by molar-refractivity contribution is 0.200.